The molecule has 0 aromatic rings. The molecule has 0 aliphatic heterocycles. The molecule has 0 radical (unpaired) electrons. The van der Waals surface area contributed by atoms with Crippen molar-refractivity contribution >= 4 is 5.97 Å². The number of rotatable bonds is 10. The van der Waals surface area contributed by atoms with Gasteiger partial charge in [-0.15, -0.1) is 0 Å². The summed E-state index contributed by atoms with van der Waals surface area (Å²) in [7, 11) is 1.68. The van der Waals surface area contributed by atoms with Crippen molar-refractivity contribution in [3.63, 3.8) is 0 Å². The van der Waals surface area contributed by atoms with Crippen molar-refractivity contribution in [1.82, 2.24) is 5.32 Å². The van der Waals surface area contributed by atoms with E-state index in [9.17, 15) is 25.2 Å². The first kappa shape index (κ1) is 22.7. The lowest BCUT2D eigenvalue weighted by Crippen LogP contribution is -2.50. The molecule has 0 saturated carbocycles. The molecular weight excluding hydrogens is 318 g/mol. The number of ether oxygens (including phenoxy) is 1. The highest BCUT2D eigenvalue weighted by Gasteiger charge is 2.37. The number of aliphatic hydroxyl groups excluding tert-OH is 5. The maximum Gasteiger partial charge on any atom is 0.338 e. The fourth-order valence-corrected chi connectivity index (χ4v) is 2.01. The largest absolute Gasteiger partial charge is 0.454 e. The zero-order valence-electron chi connectivity index (χ0n) is 14.5. The van der Waals surface area contributed by atoms with Crippen LogP contribution in [0.3, 0.4) is 0 Å². The van der Waals surface area contributed by atoms with Crippen LogP contribution >= 0.6 is 0 Å². The van der Waals surface area contributed by atoms with Crippen molar-refractivity contribution in [2.75, 3.05) is 13.7 Å². The first-order valence-electron chi connectivity index (χ1n) is 7.74. The summed E-state index contributed by atoms with van der Waals surface area (Å²) < 4.78 is 5.27. The van der Waals surface area contributed by atoms with Gasteiger partial charge in [-0.25, -0.2) is 4.79 Å². The van der Waals surface area contributed by atoms with Gasteiger partial charge in [0.2, 0.25) is 0 Å². The van der Waals surface area contributed by atoms with Crippen LogP contribution < -0.4 is 5.32 Å². The van der Waals surface area contributed by atoms with Crippen LogP contribution in [-0.2, 0) is 9.53 Å². The molecule has 0 heterocycles. The summed E-state index contributed by atoms with van der Waals surface area (Å²) in [4.78, 5) is 12.1. The van der Waals surface area contributed by atoms with Crippen LogP contribution in [0, 0.1) is 0 Å². The number of allylic oxidation sites excluding steroid dienone is 2. The van der Waals surface area contributed by atoms with Gasteiger partial charge in [-0.1, -0.05) is 18.2 Å². The Morgan fingerprint density at radius 1 is 1.17 bits per heavy atom. The number of aliphatic hydroxyl groups is 5. The second-order valence-electron chi connectivity index (χ2n) is 5.40. The third-order valence-electron chi connectivity index (χ3n) is 3.67. The number of carbonyl (C=O) groups is 1. The van der Waals surface area contributed by atoms with Crippen LogP contribution in [-0.4, -0.2) is 81.7 Å². The molecular formula is C16H29NO7. The number of nitrogens with one attached hydrogen (secondary N) is 1. The average molecular weight is 347 g/mol. The summed E-state index contributed by atoms with van der Waals surface area (Å²) in [5.41, 5.74) is 0.685. The van der Waals surface area contributed by atoms with Gasteiger partial charge in [0.05, 0.1) is 6.61 Å². The normalized spacial score (nSPS) is 20.3. The Morgan fingerprint density at radius 2 is 1.75 bits per heavy atom. The highest BCUT2D eigenvalue weighted by Crippen LogP contribution is 2.16. The Labute approximate surface area is 142 Å². The fraction of sp³-hybridized carbons (Fsp3) is 0.688. The number of likely N-dealkylation sites (N-methyl/N-ethyl adjacent to an activating group) is 1. The van der Waals surface area contributed by atoms with Crippen LogP contribution in [0.5, 0.6) is 0 Å². The quantitative estimate of drug-likeness (QED) is 0.207. The molecule has 6 N–H and O–H groups in total. The van der Waals surface area contributed by atoms with Gasteiger partial charge in [0.25, 0.3) is 0 Å². The number of hydrogen-bond acceptors (Lipinski definition) is 8. The van der Waals surface area contributed by atoms with Gasteiger partial charge in [-0.3, -0.25) is 0 Å². The van der Waals surface area contributed by atoms with Gasteiger partial charge in [-0.05, 0) is 33.4 Å². The van der Waals surface area contributed by atoms with Crippen LogP contribution in [0.1, 0.15) is 20.8 Å². The van der Waals surface area contributed by atoms with Crippen LogP contribution in [0.15, 0.2) is 23.8 Å². The number of esters is 1. The number of carbonyl (C=O) groups excluding carboxylic acids is 1. The SMILES string of the molecule is CC=CC(=CC)C(OC(=O)C(O)C(O)C(O)C(O)CO)C(C)NC. The number of hydrogen-bond donors (Lipinski definition) is 6. The highest BCUT2D eigenvalue weighted by atomic mass is 16.6. The summed E-state index contributed by atoms with van der Waals surface area (Å²) in [6.07, 6.45) is -3.12. The summed E-state index contributed by atoms with van der Waals surface area (Å²) in [5.74, 6) is -1.15. The highest BCUT2D eigenvalue weighted by molar-refractivity contribution is 5.75. The molecule has 0 spiro atoms. The van der Waals surface area contributed by atoms with Gasteiger partial charge in [0.1, 0.15) is 24.4 Å². The van der Waals surface area contributed by atoms with Gasteiger partial charge < -0.3 is 35.6 Å². The third kappa shape index (κ3) is 6.31. The Balaban J connectivity index is 5.18. The van der Waals surface area contributed by atoms with E-state index in [-0.39, 0.29) is 6.04 Å². The predicted molar refractivity (Wildman–Crippen MR) is 88.1 cm³/mol. The maximum absolute atomic E-state index is 12.1. The van der Waals surface area contributed by atoms with E-state index in [0.29, 0.717) is 5.57 Å². The fourth-order valence-electron chi connectivity index (χ4n) is 2.01. The molecule has 0 aliphatic rings. The molecule has 0 bridgehead atoms. The Hall–Kier alpha value is -1.29. The van der Waals surface area contributed by atoms with Gasteiger partial charge in [0.15, 0.2) is 6.10 Å². The summed E-state index contributed by atoms with van der Waals surface area (Å²) in [6, 6.07) is -0.284. The lowest BCUT2D eigenvalue weighted by Gasteiger charge is -2.29. The molecule has 140 valence electrons. The minimum absolute atomic E-state index is 0.284. The monoisotopic (exact) mass is 347 g/mol. The van der Waals surface area contributed by atoms with Crippen LogP contribution in [0.25, 0.3) is 0 Å². The van der Waals surface area contributed by atoms with Gasteiger partial charge in [-0.2, -0.15) is 0 Å². The van der Waals surface area contributed by atoms with E-state index < -0.39 is 43.1 Å². The zero-order valence-corrected chi connectivity index (χ0v) is 14.5. The van der Waals surface area contributed by atoms with E-state index >= 15 is 0 Å². The van der Waals surface area contributed by atoms with Gasteiger partial charge in [0, 0.05) is 6.04 Å². The van der Waals surface area contributed by atoms with Gasteiger partial charge >= 0.3 is 5.97 Å². The topological polar surface area (TPSA) is 139 Å². The lowest BCUT2D eigenvalue weighted by atomic mass is 10.0. The van der Waals surface area contributed by atoms with E-state index in [4.69, 9.17) is 9.84 Å². The average Bonchev–Trinajstić information content (AvgIpc) is 2.60. The molecule has 6 atom stereocenters. The van der Waals surface area contributed by atoms with E-state index in [1.54, 1.807) is 46.0 Å². The predicted octanol–water partition coefficient (Wildman–Crippen LogP) is -1.54. The molecule has 0 fully saturated rings. The first-order chi connectivity index (χ1) is 11.2. The summed E-state index contributed by atoms with van der Waals surface area (Å²) in [6.45, 7) is 4.52. The molecule has 0 aliphatic carbocycles. The van der Waals surface area contributed by atoms with Crippen LogP contribution in [0.4, 0.5) is 0 Å². The molecule has 0 aromatic heterocycles. The van der Waals surface area contributed by atoms with Crippen LogP contribution in [0.2, 0.25) is 0 Å². The van der Waals surface area contributed by atoms with Crippen molar-refractivity contribution in [2.24, 2.45) is 0 Å². The Morgan fingerprint density at radius 3 is 2.17 bits per heavy atom. The molecule has 8 heteroatoms. The summed E-state index contributed by atoms with van der Waals surface area (Å²) in [5, 5.41) is 50.1. The lowest BCUT2D eigenvalue weighted by molar-refractivity contribution is -0.174. The smallest absolute Gasteiger partial charge is 0.338 e. The first-order valence-corrected chi connectivity index (χ1v) is 7.74. The second-order valence-corrected chi connectivity index (χ2v) is 5.40. The van der Waals surface area contributed by atoms with Crippen molar-refractivity contribution < 1.29 is 35.1 Å². The van der Waals surface area contributed by atoms with E-state index in [1.165, 1.54) is 0 Å². The second kappa shape index (κ2) is 11.3. The van der Waals surface area contributed by atoms with Crippen molar-refractivity contribution in [2.45, 2.75) is 57.3 Å². The zero-order chi connectivity index (χ0) is 18.9. The third-order valence-corrected chi connectivity index (χ3v) is 3.67. The minimum atomic E-state index is -2.07. The van der Waals surface area contributed by atoms with E-state index in [2.05, 4.69) is 5.32 Å². The molecule has 6 unspecified atom stereocenters. The molecule has 0 saturated heterocycles. The van der Waals surface area contributed by atoms with Crippen molar-refractivity contribution in [3.05, 3.63) is 23.8 Å². The Bertz CT molecular complexity index is 438. The molecule has 24 heavy (non-hydrogen) atoms. The molecule has 0 aromatic carbocycles. The molecule has 8 nitrogen and oxygen atoms in total. The van der Waals surface area contributed by atoms with Crippen molar-refractivity contribution in [3.8, 4) is 0 Å². The summed E-state index contributed by atoms with van der Waals surface area (Å²) >= 11 is 0. The molecule has 0 rings (SSSR count). The minimum Gasteiger partial charge on any atom is -0.454 e. The standard InChI is InChI=1S/C16H29NO7/c1-5-7-10(6-2)15(9(3)17-4)24-16(23)14(22)13(21)12(20)11(19)8-18/h5-7,9,11-15,17-22H,8H2,1-4H3. The van der Waals surface area contributed by atoms with E-state index in [0.717, 1.165) is 0 Å². The van der Waals surface area contributed by atoms with Crippen molar-refractivity contribution in [1.29, 1.82) is 0 Å². The Kier molecular flexibility index (Phi) is 10.7. The molecule has 0 amide bonds. The maximum atomic E-state index is 12.1. The van der Waals surface area contributed by atoms with E-state index in [1.807, 2.05) is 0 Å².